The zero-order valence-electron chi connectivity index (χ0n) is 15.3. The maximum absolute atomic E-state index is 12.8. The first-order valence-electron chi connectivity index (χ1n) is 8.55. The average Bonchev–Trinajstić information content (AvgIpc) is 3.17. The molecule has 1 aliphatic heterocycles. The van der Waals surface area contributed by atoms with Crippen LogP contribution in [0.4, 0.5) is 0 Å². The van der Waals surface area contributed by atoms with Crippen LogP contribution in [0.5, 0.6) is 5.75 Å². The molecule has 2 rings (SSSR count). The average molecular weight is 402 g/mol. The van der Waals surface area contributed by atoms with Gasteiger partial charge in [-0.1, -0.05) is 18.2 Å². The molecule has 2 N–H and O–H groups in total. The number of hydrogen-bond acceptors (Lipinski definition) is 5. The molecule has 1 fully saturated rings. The molecule has 0 radical (unpaired) electrons. The number of hydrogen-bond donors (Lipinski definition) is 2. The Morgan fingerprint density at radius 1 is 1.38 bits per heavy atom. The van der Waals surface area contributed by atoms with E-state index in [-0.39, 0.29) is 36.9 Å². The number of ether oxygens (including phenoxy) is 1. The molecule has 1 aromatic rings. The van der Waals surface area contributed by atoms with Crippen LogP contribution in [0, 0.1) is 0 Å². The Labute approximate surface area is 165 Å². The van der Waals surface area contributed by atoms with E-state index in [2.05, 4.69) is 10.6 Å². The summed E-state index contributed by atoms with van der Waals surface area (Å²) in [5.74, 6) is 1.14. The lowest BCUT2D eigenvalue weighted by atomic mass is 10.1. The van der Waals surface area contributed by atoms with Crippen LogP contribution in [0.3, 0.4) is 0 Å². The second-order valence-corrected chi connectivity index (χ2v) is 7.08. The van der Waals surface area contributed by atoms with Crippen molar-refractivity contribution < 1.29 is 14.3 Å². The van der Waals surface area contributed by atoms with E-state index in [0.29, 0.717) is 12.2 Å². The molecular formula is C18H28ClN3O3S. The van der Waals surface area contributed by atoms with Crippen molar-refractivity contribution >= 4 is 36.0 Å². The van der Waals surface area contributed by atoms with Crippen LogP contribution in [0.2, 0.25) is 0 Å². The molecular weight excluding hydrogens is 374 g/mol. The van der Waals surface area contributed by atoms with Crippen molar-refractivity contribution in [3.8, 4) is 5.75 Å². The van der Waals surface area contributed by atoms with E-state index in [9.17, 15) is 9.59 Å². The maximum atomic E-state index is 12.8. The molecule has 8 heteroatoms. The van der Waals surface area contributed by atoms with E-state index in [4.69, 9.17) is 4.74 Å². The maximum Gasteiger partial charge on any atom is 0.258 e. The fourth-order valence-corrected chi connectivity index (χ4v) is 3.26. The van der Waals surface area contributed by atoms with Gasteiger partial charge in [-0.15, -0.1) is 12.4 Å². The van der Waals surface area contributed by atoms with Gasteiger partial charge in [0.05, 0.1) is 0 Å². The third-order valence-corrected chi connectivity index (χ3v) is 4.93. The number of benzene rings is 1. The number of halogens is 1. The Balaban J connectivity index is 0.00000338. The minimum Gasteiger partial charge on any atom is -0.484 e. The van der Waals surface area contributed by atoms with Crippen molar-refractivity contribution in [2.45, 2.75) is 24.9 Å². The lowest BCUT2D eigenvalue weighted by Crippen LogP contribution is -2.51. The lowest BCUT2D eigenvalue weighted by Gasteiger charge is -2.28. The standard InChI is InChI=1S/C18H27N3O3S.ClH/c1-21(14-8-10-19-12-14)18(23)16(9-11-25-2)20-17(22)13-24-15-6-4-3-5-7-15;/h3-7,14,16,19H,8-13H2,1-2H3,(H,20,22);1H. The summed E-state index contributed by atoms with van der Waals surface area (Å²) >= 11 is 1.66. The van der Waals surface area contributed by atoms with Gasteiger partial charge in [-0.05, 0) is 43.5 Å². The van der Waals surface area contributed by atoms with Gasteiger partial charge in [0.1, 0.15) is 11.8 Å². The Morgan fingerprint density at radius 2 is 2.12 bits per heavy atom. The first kappa shape index (κ1) is 22.6. The number of nitrogens with zero attached hydrogens (tertiary/aromatic N) is 1. The minimum absolute atomic E-state index is 0. The molecule has 0 spiro atoms. The van der Waals surface area contributed by atoms with Crippen molar-refractivity contribution in [2.75, 3.05) is 38.8 Å². The normalized spacial score (nSPS) is 17.1. The number of thioether (sulfide) groups is 1. The van der Waals surface area contributed by atoms with Gasteiger partial charge in [0.25, 0.3) is 5.91 Å². The third-order valence-electron chi connectivity index (χ3n) is 4.29. The summed E-state index contributed by atoms with van der Waals surface area (Å²) in [6, 6.07) is 8.87. The van der Waals surface area contributed by atoms with Gasteiger partial charge in [0, 0.05) is 19.6 Å². The predicted octanol–water partition coefficient (Wildman–Crippen LogP) is 1.55. The van der Waals surface area contributed by atoms with Crippen LogP contribution in [-0.2, 0) is 9.59 Å². The number of carbonyl (C=O) groups excluding carboxylic acids is 2. The molecule has 2 amide bonds. The van der Waals surface area contributed by atoms with Crippen LogP contribution in [0.1, 0.15) is 12.8 Å². The number of para-hydroxylation sites is 1. The molecule has 0 bridgehead atoms. The Bertz CT molecular complexity index is 556. The molecule has 6 nitrogen and oxygen atoms in total. The van der Waals surface area contributed by atoms with E-state index in [1.54, 1.807) is 28.8 Å². The largest absolute Gasteiger partial charge is 0.484 e. The van der Waals surface area contributed by atoms with E-state index in [1.165, 1.54) is 0 Å². The van der Waals surface area contributed by atoms with Gasteiger partial charge in [0.2, 0.25) is 5.91 Å². The summed E-state index contributed by atoms with van der Waals surface area (Å²) in [5.41, 5.74) is 0. The van der Waals surface area contributed by atoms with Gasteiger partial charge in [-0.25, -0.2) is 0 Å². The van der Waals surface area contributed by atoms with E-state index in [1.807, 2.05) is 31.5 Å². The van der Waals surface area contributed by atoms with Crippen LogP contribution < -0.4 is 15.4 Å². The van der Waals surface area contributed by atoms with Gasteiger partial charge >= 0.3 is 0 Å². The Morgan fingerprint density at radius 3 is 2.73 bits per heavy atom. The van der Waals surface area contributed by atoms with Gasteiger partial charge in [-0.3, -0.25) is 9.59 Å². The van der Waals surface area contributed by atoms with Crippen LogP contribution in [-0.4, -0.2) is 67.6 Å². The van der Waals surface area contributed by atoms with E-state index >= 15 is 0 Å². The summed E-state index contributed by atoms with van der Waals surface area (Å²) in [6.07, 6.45) is 3.55. The summed E-state index contributed by atoms with van der Waals surface area (Å²) in [6.45, 7) is 1.64. The smallest absolute Gasteiger partial charge is 0.258 e. The van der Waals surface area contributed by atoms with Crippen LogP contribution in [0.25, 0.3) is 0 Å². The summed E-state index contributed by atoms with van der Waals surface area (Å²) < 4.78 is 5.46. The highest BCUT2D eigenvalue weighted by molar-refractivity contribution is 7.98. The molecule has 0 saturated carbocycles. The van der Waals surface area contributed by atoms with Crippen molar-refractivity contribution in [3.63, 3.8) is 0 Å². The SMILES string of the molecule is CSCCC(NC(=O)COc1ccccc1)C(=O)N(C)C1CCNC1.Cl. The fraction of sp³-hybridized carbons (Fsp3) is 0.556. The van der Waals surface area contributed by atoms with Crippen LogP contribution >= 0.6 is 24.2 Å². The quantitative estimate of drug-likeness (QED) is 0.657. The van der Waals surface area contributed by atoms with Crippen LogP contribution in [0.15, 0.2) is 30.3 Å². The molecule has 2 atom stereocenters. The fourth-order valence-electron chi connectivity index (χ4n) is 2.79. The summed E-state index contributed by atoms with van der Waals surface area (Å²) in [7, 11) is 1.82. The number of rotatable bonds is 9. The van der Waals surface area contributed by atoms with Gasteiger partial charge in [-0.2, -0.15) is 11.8 Å². The van der Waals surface area contributed by atoms with E-state index in [0.717, 1.165) is 25.3 Å². The van der Waals surface area contributed by atoms with Crippen molar-refractivity contribution in [2.24, 2.45) is 0 Å². The molecule has 1 heterocycles. The second kappa shape index (κ2) is 12.0. The van der Waals surface area contributed by atoms with Crippen molar-refractivity contribution in [3.05, 3.63) is 30.3 Å². The van der Waals surface area contributed by atoms with Gasteiger partial charge in [0.15, 0.2) is 6.61 Å². The highest BCUT2D eigenvalue weighted by Gasteiger charge is 2.29. The molecule has 146 valence electrons. The molecule has 1 aromatic carbocycles. The predicted molar refractivity (Wildman–Crippen MR) is 108 cm³/mol. The van der Waals surface area contributed by atoms with E-state index < -0.39 is 6.04 Å². The highest BCUT2D eigenvalue weighted by Crippen LogP contribution is 2.11. The molecule has 0 aliphatic carbocycles. The molecule has 0 aromatic heterocycles. The van der Waals surface area contributed by atoms with Crippen molar-refractivity contribution in [1.29, 1.82) is 0 Å². The summed E-state index contributed by atoms with van der Waals surface area (Å²) in [5, 5.41) is 6.10. The highest BCUT2D eigenvalue weighted by atomic mass is 35.5. The molecule has 1 saturated heterocycles. The lowest BCUT2D eigenvalue weighted by molar-refractivity contribution is -0.137. The Hall–Kier alpha value is -1.44. The number of amides is 2. The number of likely N-dealkylation sites (N-methyl/N-ethyl adjacent to an activating group) is 1. The number of carbonyl (C=O) groups is 2. The number of nitrogens with one attached hydrogen (secondary N) is 2. The second-order valence-electron chi connectivity index (χ2n) is 6.10. The first-order chi connectivity index (χ1) is 12.1. The summed E-state index contributed by atoms with van der Waals surface area (Å²) in [4.78, 5) is 26.8. The monoisotopic (exact) mass is 401 g/mol. The Kier molecular flexibility index (Phi) is 10.5. The molecule has 26 heavy (non-hydrogen) atoms. The minimum atomic E-state index is -0.509. The van der Waals surface area contributed by atoms with Gasteiger partial charge < -0.3 is 20.3 Å². The zero-order chi connectivity index (χ0) is 18.1. The van der Waals surface area contributed by atoms with Crippen molar-refractivity contribution in [1.82, 2.24) is 15.5 Å². The first-order valence-corrected chi connectivity index (χ1v) is 9.94. The molecule has 2 unspecified atom stereocenters. The topological polar surface area (TPSA) is 70.7 Å². The molecule has 1 aliphatic rings. The zero-order valence-corrected chi connectivity index (χ0v) is 16.9. The third kappa shape index (κ3) is 7.05.